The van der Waals surface area contributed by atoms with E-state index in [9.17, 15) is 0 Å². The Morgan fingerprint density at radius 1 is 0.923 bits per heavy atom. The topological polar surface area (TPSA) is 61.9 Å². The van der Waals surface area contributed by atoms with Crippen LogP contribution in [0.4, 0.5) is 11.4 Å². The molecule has 0 heterocycles. The summed E-state index contributed by atoms with van der Waals surface area (Å²) in [6.07, 6.45) is 2.07. The molecule has 3 aromatic rings. The molecule has 0 aromatic heterocycles. The molecule has 0 aliphatic heterocycles. The molecule has 3 nitrogen and oxygen atoms in total. The minimum Gasteiger partial charge on any atom is -0.398 e. The lowest BCUT2D eigenvalue weighted by molar-refractivity contribution is 1.26. The first-order chi connectivity index (χ1) is 12.7. The smallest absolute Gasteiger partial charge is 0.101 e. The summed E-state index contributed by atoms with van der Waals surface area (Å²) < 4.78 is 3.36. The van der Waals surface area contributed by atoms with Crippen LogP contribution in [-0.2, 0) is 0 Å². The molecule has 0 unspecified atom stereocenters. The van der Waals surface area contributed by atoms with Crippen LogP contribution in [0.25, 0.3) is 0 Å². The van der Waals surface area contributed by atoms with Gasteiger partial charge in [-0.2, -0.15) is 0 Å². The molecule has 0 aliphatic carbocycles. The molecule has 3 aromatic carbocycles. The van der Waals surface area contributed by atoms with E-state index in [1.54, 1.807) is 23.7 Å². The van der Waals surface area contributed by atoms with Crippen LogP contribution in [0, 0.1) is 5.41 Å². The number of hydrogen-bond acceptors (Lipinski definition) is 6. The molecule has 0 fully saturated rings. The van der Waals surface area contributed by atoms with E-state index in [-0.39, 0.29) is 0 Å². The van der Waals surface area contributed by atoms with Crippen molar-refractivity contribution in [2.45, 2.75) is 14.7 Å². The summed E-state index contributed by atoms with van der Waals surface area (Å²) in [6, 6.07) is 23.9. The highest BCUT2D eigenvalue weighted by atomic mass is 32.2. The number of nitrogen functional groups attached to an aromatic ring is 1. The van der Waals surface area contributed by atoms with Gasteiger partial charge in [-0.3, -0.25) is 5.41 Å². The Kier molecular flexibility index (Phi) is 6.55. The molecule has 0 aliphatic rings. The van der Waals surface area contributed by atoms with Crippen molar-refractivity contribution in [2.75, 3.05) is 16.7 Å². The lowest BCUT2D eigenvalue weighted by atomic mass is 10.2. The Balaban J connectivity index is 1.74. The van der Waals surface area contributed by atoms with Crippen LogP contribution in [0.5, 0.6) is 0 Å². The first kappa shape index (κ1) is 18.8. The van der Waals surface area contributed by atoms with Crippen LogP contribution >= 0.6 is 35.5 Å². The number of hydrogen-bond donors (Lipinski definition) is 3. The largest absolute Gasteiger partial charge is 0.398 e. The molecule has 4 N–H and O–H groups in total. The SMILES string of the molecule is CSc1ccccc1SNc1ccc(N)c(C(=N)Sc2ccccc2)c1. The van der Waals surface area contributed by atoms with Crippen molar-refractivity contribution < 1.29 is 0 Å². The molecule has 0 amide bonds. The van der Waals surface area contributed by atoms with Crippen LogP contribution in [0.2, 0.25) is 0 Å². The number of nitrogens with one attached hydrogen (secondary N) is 2. The van der Waals surface area contributed by atoms with E-state index in [0.29, 0.717) is 10.7 Å². The van der Waals surface area contributed by atoms with E-state index in [1.165, 1.54) is 21.6 Å². The lowest BCUT2D eigenvalue weighted by Gasteiger charge is -2.12. The molecule has 132 valence electrons. The van der Waals surface area contributed by atoms with Gasteiger partial charge >= 0.3 is 0 Å². The van der Waals surface area contributed by atoms with E-state index >= 15 is 0 Å². The summed E-state index contributed by atoms with van der Waals surface area (Å²) in [4.78, 5) is 3.43. The number of anilines is 2. The van der Waals surface area contributed by atoms with Gasteiger partial charge in [0.2, 0.25) is 0 Å². The maximum atomic E-state index is 8.41. The maximum absolute atomic E-state index is 8.41. The minimum absolute atomic E-state index is 0.437. The summed E-state index contributed by atoms with van der Waals surface area (Å²) in [5.74, 6) is 0. The molecule has 0 saturated heterocycles. The average molecular weight is 398 g/mol. The van der Waals surface area contributed by atoms with Gasteiger partial charge in [-0.15, -0.1) is 11.8 Å². The van der Waals surface area contributed by atoms with Crippen LogP contribution < -0.4 is 10.5 Å². The van der Waals surface area contributed by atoms with E-state index in [1.807, 2.05) is 60.7 Å². The zero-order valence-corrected chi connectivity index (χ0v) is 16.7. The zero-order chi connectivity index (χ0) is 18.4. The Labute approximate surface area is 166 Å². The third kappa shape index (κ3) is 4.78. The van der Waals surface area contributed by atoms with E-state index in [2.05, 4.69) is 23.1 Å². The highest BCUT2D eigenvalue weighted by molar-refractivity contribution is 8.14. The Morgan fingerprint density at radius 2 is 1.62 bits per heavy atom. The van der Waals surface area contributed by atoms with Crippen molar-refractivity contribution in [3.8, 4) is 0 Å². The van der Waals surface area contributed by atoms with Gasteiger partial charge in [-0.25, -0.2) is 0 Å². The quantitative estimate of drug-likeness (QED) is 0.151. The van der Waals surface area contributed by atoms with Crippen LogP contribution in [0.1, 0.15) is 5.56 Å². The van der Waals surface area contributed by atoms with Gasteiger partial charge in [0.05, 0.1) is 0 Å². The fourth-order valence-corrected chi connectivity index (χ4v) is 4.64. The summed E-state index contributed by atoms with van der Waals surface area (Å²) in [5, 5.41) is 8.85. The van der Waals surface area contributed by atoms with Gasteiger partial charge in [0.1, 0.15) is 5.04 Å². The Morgan fingerprint density at radius 3 is 2.35 bits per heavy atom. The van der Waals surface area contributed by atoms with Crippen molar-refractivity contribution in [1.29, 1.82) is 5.41 Å². The number of benzene rings is 3. The molecule has 0 bridgehead atoms. The minimum atomic E-state index is 0.437. The van der Waals surface area contributed by atoms with Gasteiger partial charge in [0, 0.05) is 31.6 Å². The summed E-state index contributed by atoms with van der Waals surface area (Å²) in [6.45, 7) is 0. The van der Waals surface area contributed by atoms with E-state index < -0.39 is 0 Å². The summed E-state index contributed by atoms with van der Waals surface area (Å²) in [5.41, 5.74) is 8.38. The highest BCUT2D eigenvalue weighted by Crippen LogP contribution is 2.32. The molecular weight excluding hydrogens is 378 g/mol. The van der Waals surface area contributed by atoms with Gasteiger partial charge in [-0.05, 0) is 60.7 Å². The van der Waals surface area contributed by atoms with Gasteiger partial charge in [-0.1, -0.05) is 42.1 Å². The average Bonchev–Trinajstić information content (AvgIpc) is 2.68. The zero-order valence-electron chi connectivity index (χ0n) is 14.2. The van der Waals surface area contributed by atoms with Crippen LogP contribution in [0.15, 0.2) is 87.5 Å². The number of rotatable bonds is 6. The molecule has 26 heavy (non-hydrogen) atoms. The second kappa shape index (κ2) is 9.07. The maximum Gasteiger partial charge on any atom is 0.101 e. The van der Waals surface area contributed by atoms with Crippen molar-refractivity contribution in [3.05, 3.63) is 78.4 Å². The van der Waals surface area contributed by atoms with Crippen molar-refractivity contribution >= 4 is 51.9 Å². The van der Waals surface area contributed by atoms with Gasteiger partial charge in [0.15, 0.2) is 0 Å². The molecule has 0 spiro atoms. The van der Waals surface area contributed by atoms with Crippen molar-refractivity contribution in [1.82, 2.24) is 0 Å². The first-order valence-corrected chi connectivity index (χ1v) is 10.8. The predicted octanol–water partition coefficient (Wildman–Crippen LogP) is 6.23. The lowest BCUT2D eigenvalue weighted by Crippen LogP contribution is -2.01. The van der Waals surface area contributed by atoms with Crippen molar-refractivity contribution in [3.63, 3.8) is 0 Å². The summed E-state index contributed by atoms with van der Waals surface area (Å²) in [7, 11) is 0. The standard InChI is InChI=1S/C20H19N3S3/c1-24-18-9-5-6-10-19(18)26-23-14-11-12-17(21)16(13-14)20(22)25-15-7-3-2-4-8-15/h2-13,22-23H,21H2,1H3. The van der Waals surface area contributed by atoms with E-state index in [4.69, 9.17) is 11.1 Å². The molecule has 0 saturated carbocycles. The van der Waals surface area contributed by atoms with Gasteiger partial charge < -0.3 is 10.5 Å². The predicted molar refractivity (Wildman–Crippen MR) is 118 cm³/mol. The van der Waals surface area contributed by atoms with Crippen LogP contribution in [0.3, 0.4) is 0 Å². The Bertz CT molecular complexity index is 898. The van der Waals surface area contributed by atoms with Gasteiger partial charge in [0.25, 0.3) is 0 Å². The second-order valence-corrected chi connectivity index (χ2v) is 8.18. The second-order valence-electron chi connectivity index (χ2n) is 5.40. The third-order valence-corrected chi connectivity index (χ3v) is 6.38. The third-order valence-electron chi connectivity index (χ3n) is 3.61. The number of thioether (sulfide) groups is 2. The monoisotopic (exact) mass is 397 g/mol. The molecule has 6 heteroatoms. The fourth-order valence-electron chi connectivity index (χ4n) is 2.29. The number of nitrogens with two attached hydrogens (primary N) is 1. The summed E-state index contributed by atoms with van der Waals surface area (Å²) >= 11 is 4.70. The molecule has 0 radical (unpaired) electrons. The molecule has 3 rings (SSSR count). The van der Waals surface area contributed by atoms with Crippen LogP contribution in [-0.4, -0.2) is 11.3 Å². The Hall–Kier alpha value is -2.02. The first-order valence-electron chi connectivity index (χ1n) is 7.94. The van der Waals surface area contributed by atoms with Crippen molar-refractivity contribution in [2.24, 2.45) is 0 Å². The van der Waals surface area contributed by atoms with E-state index in [0.717, 1.165) is 16.1 Å². The fraction of sp³-hybridized carbons (Fsp3) is 0.0500. The normalized spacial score (nSPS) is 10.5. The molecular formula is C20H19N3S3. The highest BCUT2D eigenvalue weighted by Gasteiger charge is 2.10. The molecule has 0 atom stereocenters.